The van der Waals surface area contributed by atoms with Crippen molar-refractivity contribution < 1.29 is 9.18 Å². The number of fused-ring (bicyclic) bond motifs is 1. The summed E-state index contributed by atoms with van der Waals surface area (Å²) >= 11 is 0. The third-order valence-electron chi connectivity index (χ3n) is 3.19. The predicted molar refractivity (Wildman–Crippen MR) is 80.5 cm³/mol. The van der Waals surface area contributed by atoms with E-state index in [-0.39, 0.29) is 12.3 Å². The Morgan fingerprint density at radius 1 is 1.05 bits per heavy atom. The normalized spacial score (nSPS) is 10.5. The zero-order valence-corrected chi connectivity index (χ0v) is 11.2. The molecule has 0 aliphatic carbocycles. The van der Waals surface area contributed by atoms with Gasteiger partial charge in [-0.2, -0.15) is 4.39 Å². The molecule has 3 aromatic rings. The summed E-state index contributed by atoms with van der Waals surface area (Å²) in [5.41, 5.74) is 1.42. The van der Waals surface area contributed by atoms with Crippen molar-refractivity contribution >= 4 is 22.4 Å². The monoisotopic (exact) mass is 280 g/mol. The van der Waals surface area contributed by atoms with E-state index in [2.05, 4.69) is 10.3 Å². The maximum absolute atomic E-state index is 12.7. The molecule has 2 aromatic carbocycles. The highest BCUT2D eigenvalue weighted by atomic mass is 19.1. The topological polar surface area (TPSA) is 42.0 Å². The van der Waals surface area contributed by atoms with Gasteiger partial charge in [0.1, 0.15) is 0 Å². The highest BCUT2D eigenvalue weighted by Crippen LogP contribution is 2.16. The van der Waals surface area contributed by atoms with Crippen LogP contribution in [0.5, 0.6) is 0 Å². The van der Waals surface area contributed by atoms with Crippen molar-refractivity contribution in [3.05, 3.63) is 72.3 Å². The standard InChI is InChI=1S/C17H13FN2O/c18-16-8-7-15(11-19-16)20-17(21)10-12-5-6-13-3-1-2-4-14(13)9-12/h1-9,11H,10H2,(H,20,21). The molecule has 104 valence electrons. The van der Waals surface area contributed by atoms with E-state index in [1.54, 1.807) is 0 Å². The predicted octanol–water partition coefficient (Wildman–Crippen LogP) is 3.56. The van der Waals surface area contributed by atoms with E-state index in [0.717, 1.165) is 16.3 Å². The highest BCUT2D eigenvalue weighted by molar-refractivity contribution is 5.93. The molecule has 0 spiro atoms. The lowest BCUT2D eigenvalue weighted by Crippen LogP contribution is -2.14. The smallest absolute Gasteiger partial charge is 0.228 e. The Labute approximate surface area is 121 Å². The third kappa shape index (κ3) is 3.23. The molecule has 4 heteroatoms. The Morgan fingerprint density at radius 3 is 2.62 bits per heavy atom. The summed E-state index contributed by atoms with van der Waals surface area (Å²) in [6.45, 7) is 0. The number of carbonyl (C=O) groups is 1. The van der Waals surface area contributed by atoms with Crippen LogP contribution < -0.4 is 5.32 Å². The fraction of sp³-hybridized carbons (Fsp3) is 0.0588. The molecule has 0 fully saturated rings. The lowest BCUT2D eigenvalue weighted by Gasteiger charge is -2.06. The summed E-state index contributed by atoms with van der Waals surface area (Å²) in [7, 11) is 0. The van der Waals surface area contributed by atoms with Gasteiger partial charge in [0.05, 0.1) is 18.3 Å². The van der Waals surface area contributed by atoms with Crippen molar-refractivity contribution in [2.45, 2.75) is 6.42 Å². The number of rotatable bonds is 3. The molecule has 0 bridgehead atoms. The first-order chi connectivity index (χ1) is 10.2. The zero-order chi connectivity index (χ0) is 14.7. The van der Waals surface area contributed by atoms with Gasteiger partial charge in [-0.3, -0.25) is 4.79 Å². The van der Waals surface area contributed by atoms with Gasteiger partial charge >= 0.3 is 0 Å². The van der Waals surface area contributed by atoms with Crippen LogP contribution in [-0.2, 0) is 11.2 Å². The molecule has 0 aliphatic rings. The van der Waals surface area contributed by atoms with Gasteiger partial charge in [0, 0.05) is 0 Å². The SMILES string of the molecule is O=C(Cc1ccc2ccccc2c1)Nc1ccc(F)nc1. The summed E-state index contributed by atoms with van der Waals surface area (Å²) in [5, 5.41) is 4.94. The molecular formula is C17H13FN2O. The minimum Gasteiger partial charge on any atom is -0.324 e. The van der Waals surface area contributed by atoms with Crippen LogP contribution in [0.25, 0.3) is 10.8 Å². The second-order valence-corrected chi connectivity index (χ2v) is 4.78. The molecule has 1 N–H and O–H groups in total. The fourth-order valence-corrected chi connectivity index (χ4v) is 2.19. The van der Waals surface area contributed by atoms with Crippen LogP contribution in [-0.4, -0.2) is 10.9 Å². The zero-order valence-electron chi connectivity index (χ0n) is 11.2. The summed E-state index contributed by atoms with van der Waals surface area (Å²) in [4.78, 5) is 15.5. The van der Waals surface area contributed by atoms with Crippen LogP contribution in [0, 0.1) is 5.95 Å². The first-order valence-electron chi connectivity index (χ1n) is 6.60. The second kappa shape index (κ2) is 5.71. The summed E-state index contributed by atoms with van der Waals surface area (Å²) < 4.78 is 12.7. The van der Waals surface area contributed by atoms with E-state index >= 15 is 0 Å². The summed E-state index contributed by atoms with van der Waals surface area (Å²) in [5.74, 6) is -0.721. The van der Waals surface area contributed by atoms with Gasteiger partial charge in [-0.25, -0.2) is 4.98 Å². The number of hydrogen-bond acceptors (Lipinski definition) is 2. The Hall–Kier alpha value is -2.75. The second-order valence-electron chi connectivity index (χ2n) is 4.78. The molecule has 3 nitrogen and oxygen atoms in total. The Balaban J connectivity index is 1.72. The third-order valence-corrected chi connectivity index (χ3v) is 3.19. The van der Waals surface area contributed by atoms with E-state index in [1.807, 2.05) is 42.5 Å². The van der Waals surface area contributed by atoms with Gasteiger partial charge in [0.15, 0.2) is 0 Å². The van der Waals surface area contributed by atoms with Gasteiger partial charge in [-0.15, -0.1) is 0 Å². The number of nitrogens with zero attached hydrogens (tertiary/aromatic N) is 1. The number of aromatic nitrogens is 1. The van der Waals surface area contributed by atoms with Crippen LogP contribution in [0.2, 0.25) is 0 Å². The molecule has 0 radical (unpaired) electrons. The van der Waals surface area contributed by atoms with Crippen molar-refractivity contribution in [1.82, 2.24) is 4.98 Å². The number of pyridine rings is 1. The Bertz CT molecular complexity index is 784. The van der Waals surface area contributed by atoms with Crippen molar-refractivity contribution in [3.63, 3.8) is 0 Å². The number of anilines is 1. The largest absolute Gasteiger partial charge is 0.324 e. The van der Waals surface area contributed by atoms with Crippen LogP contribution in [0.4, 0.5) is 10.1 Å². The minimum absolute atomic E-state index is 0.154. The molecule has 1 aromatic heterocycles. The van der Waals surface area contributed by atoms with E-state index in [1.165, 1.54) is 18.3 Å². The van der Waals surface area contributed by atoms with E-state index < -0.39 is 5.95 Å². The number of amides is 1. The van der Waals surface area contributed by atoms with E-state index in [4.69, 9.17) is 0 Å². The van der Waals surface area contributed by atoms with Crippen molar-refractivity contribution in [3.8, 4) is 0 Å². The molecule has 0 atom stereocenters. The van der Waals surface area contributed by atoms with Gasteiger partial charge in [0.25, 0.3) is 0 Å². The quantitative estimate of drug-likeness (QED) is 0.745. The average Bonchev–Trinajstić information content (AvgIpc) is 2.49. The molecule has 1 amide bonds. The van der Waals surface area contributed by atoms with Crippen molar-refractivity contribution in [2.24, 2.45) is 0 Å². The van der Waals surface area contributed by atoms with Gasteiger partial charge in [-0.1, -0.05) is 42.5 Å². The van der Waals surface area contributed by atoms with Gasteiger partial charge in [0.2, 0.25) is 11.9 Å². The average molecular weight is 280 g/mol. The maximum Gasteiger partial charge on any atom is 0.228 e. The number of carbonyl (C=O) groups excluding carboxylic acids is 1. The lowest BCUT2D eigenvalue weighted by atomic mass is 10.0. The lowest BCUT2D eigenvalue weighted by molar-refractivity contribution is -0.115. The molecule has 0 saturated heterocycles. The summed E-state index contributed by atoms with van der Waals surface area (Å²) in [6.07, 6.45) is 1.57. The van der Waals surface area contributed by atoms with Crippen LogP contribution in [0.15, 0.2) is 60.8 Å². The molecule has 21 heavy (non-hydrogen) atoms. The molecule has 0 aliphatic heterocycles. The minimum atomic E-state index is -0.567. The number of benzene rings is 2. The first kappa shape index (κ1) is 13.2. The maximum atomic E-state index is 12.7. The molecule has 0 unspecified atom stereocenters. The first-order valence-corrected chi connectivity index (χ1v) is 6.60. The highest BCUT2D eigenvalue weighted by Gasteiger charge is 2.05. The van der Waals surface area contributed by atoms with Crippen LogP contribution in [0.1, 0.15) is 5.56 Å². The van der Waals surface area contributed by atoms with Crippen molar-refractivity contribution in [2.75, 3.05) is 5.32 Å². The van der Waals surface area contributed by atoms with E-state index in [0.29, 0.717) is 5.69 Å². The Kier molecular flexibility index (Phi) is 3.60. The van der Waals surface area contributed by atoms with Crippen LogP contribution in [0.3, 0.4) is 0 Å². The van der Waals surface area contributed by atoms with Gasteiger partial charge in [-0.05, 0) is 28.5 Å². The molecule has 1 heterocycles. The number of halogens is 1. The molecule has 3 rings (SSSR count). The summed E-state index contributed by atoms with van der Waals surface area (Å²) in [6, 6.07) is 16.6. The molecular weight excluding hydrogens is 267 g/mol. The Morgan fingerprint density at radius 2 is 1.86 bits per heavy atom. The fourth-order valence-electron chi connectivity index (χ4n) is 2.19. The van der Waals surface area contributed by atoms with Crippen molar-refractivity contribution in [1.29, 1.82) is 0 Å². The number of nitrogens with one attached hydrogen (secondary N) is 1. The number of hydrogen-bond donors (Lipinski definition) is 1. The van der Waals surface area contributed by atoms with Gasteiger partial charge < -0.3 is 5.32 Å². The van der Waals surface area contributed by atoms with E-state index in [9.17, 15) is 9.18 Å². The molecule has 0 saturated carbocycles. The van der Waals surface area contributed by atoms with Crippen LogP contribution >= 0.6 is 0 Å².